The van der Waals surface area contributed by atoms with Crippen molar-refractivity contribution in [2.24, 2.45) is 23.7 Å². The Hall–Kier alpha value is -0.930. The van der Waals surface area contributed by atoms with Crippen molar-refractivity contribution in [3.8, 4) is 11.5 Å². The van der Waals surface area contributed by atoms with E-state index in [0.717, 1.165) is 52.3 Å². The molecule has 144 valence electrons. The van der Waals surface area contributed by atoms with Gasteiger partial charge < -0.3 is 14.8 Å². The van der Waals surface area contributed by atoms with Crippen LogP contribution in [0.5, 0.6) is 11.5 Å². The maximum absolute atomic E-state index is 6.58. The number of hydrogen-bond acceptors (Lipinski definition) is 3. The molecule has 4 aliphatic rings. The molecule has 0 saturated heterocycles. The molecule has 4 saturated carbocycles. The second-order valence-corrected chi connectivity index (χ2v) is 9.23. The van der Waals surface area contributed by atoms with Gasteiger partial charge in [0.25, 0.3) is 0 Å². The minimum Gasteiger partial charge on any atom is -0.490 e. The third kappa shape index (κ3) is 3.71. The lowest BCUT2D eigenvalue weighted by molar-refractivity contribution is -0.0142. The largest absolute Gasteiger partial charge is 0.490 e. The predicted octanol–water partition coefficient (Wildman–Crippen LogP) is 5.44. The van der Waals surface area contributed by atoms with Crippen molar-refractivity contribution in [2.75, 3.05) is 6.61 Å². The molecular formula is C22H32ClNO2. The van der Waals surface area contributed by atoms with E-state index in [4.69, 9.17) is 21.1 Å². The summed E-state index contributed by atoms with van der Waals surface area (Å²) in [5.41, 5.74) is 1.11. The molecule has 0 atom stereocenters. The van der Waals surface area contributed by atoms with E-state index in [2.05, 4.69) is 11.4 Å². The van der Waals surface area contributed by atoms with Crippen molar-refractivity contribution in [3.63, 3.8) is 0 Å². The summed E-state index contributed by atoms with van der Waals surface area (Å²) in [4.78, 5) is 0. The Bertz CT molecular complexity index is 617. The van der Waals surface area contributed by atoms with Crippen molar-refractivity contribution >= 4 is 11.6 Å². The molecule has 0 aromatic heterocycles. The fourth-order valence-electron chi connectivity index (χ4n) is 5.81. The molecule has 0 aliphatic heterocycles. The molecule has 26 heavy (non-hydrogen) atoms. The van der Waals surface area contributed by atoms with Crippen molar-refractivity contribution < 1.29 is 9.47 Å². The molecule has 0 unspecified atom stereocenters. The van der Waals surface area contributed by atoms with Gasteiger partial charge in [0.15, 0.2) is 11.5 Å². The second kappa shape index (κ2) is 7.59. The molecule has 4 aliphatic carbocycles. The molecule has 4 bridgehead atoms. The smallest absolute Gasteiger partial charge is 0.163 e. The zero-order valence-electron chi connectivity index (χ0n) is 16.3. The quantitative estimate of drug-likeness (QED) is 0.686. The number of hydrogen-bond donors (Lipinski definition) is 1. The van der Waals surface area contributed by atoms with Crippen LogP contribution in [0.1, 0.15) is 58.4 Å². The third-order valence-corrected chi connectivity index (χ3v) is 6.88. The molecule has 5 rings (SSSR count). The monoisotopic (exact) mass is 377 g/mol. The Labute approximate surface area is 162 Å². The molecule has 1 aromatic carbocycles. The van der Waals surface area contributed by atoms with Crippen LogP contribution in [0.2, 0.25) is 5.02 Å². The summed E-state index contributed by atoms with van der Waals surface area (Å²) in [5, 5.41) is 4.63. The van der Waals surface area contributed by atoms with Crippen LogP contribution in [0, 0.1) is 23.7 Å². The van der Waals surface area contributed by atoms with Crippen LogP contribution in [0.4, 0.5) is 0 Å². The number of ether oxygens (including phenoxy) is 2. The Morgan fingerprint density at radius 3 is 2.27 bits per heavy atom. The van der Waals surface area contributed by atoms with E-state index in [0.29, 0.717) is 12.6 Å². The van der Waals surface area contributed by atoms with Gasteiger partial charge in [-0.3, -0.25) is 0 Å². The first kappa shape index (κ1) is 18.4. The van der Waals surface area contributed by atoms with Crippen molar-refractivity contribution in [3.05, 3.63) is 22.7 Å². The Kier molecular flexibility index (Phi) is 5.38. The van der Waals surface area contributed by atoms with Gasteiger partial charge in [-0.1, -0.05) is 11.6 Å². The Morgan fingerprint density at radius 1 is 1.04 bits per heavy atom. The van der Waals surface area contributed by atoms with Crippen molar-refractivity contribution in [1.29, 1.82) is 0 Å². The van der Waals surface area contributed by atoms with E-state index in [1.165, 1.54) is 32.1 Å². The molecule has 1 N–H and O–H groups in total. The maximum atomic E-state index is 6.58. The Morgan fingerprint density at radius 2 is 1.69 bits per heavy atom. The van der Waals surface area contributed by atoms with Gasteiger partial charge in [-0.2, -0.15) is 0 Å². The molecule has 4 heteroatoms. The molecule has 4 fully saturated rings. The van der Waals surface area contributed by atoms with Crippen molar-refractivity contribution in [2.45, 2.75) is 71.6 Å². The highest BCUT2D eigenvalue weighted by Crippen LogP contribution is 2.53. The Balaban J connectivity index is 1.47. The summed E-state index contributed by atoms with van der Waals surface area (Å²) in [5.74, 6) is 5.31. The van der Waals surface area contributed by atoms with Gasteiger partial charge in [-0.15, -0.1) is 0 Å². The third-order valence-electron chi connectivity index (χ3n) is 6.53. The van der Waals surface area contributed by atoms with Crippen LogP contribution in [-0.2, 0) is 6.54 Å². The summed E-state index contributed by atoms with van der Waals surface area (Å²) >= 11 is 6.58. The van der Waals surface area contributed by atoms with Gasteiger partial charge in [0.05, 0.1) is 12.7 Å². The lowest BCUT2D eigenvalue weighted by Gasteiger charge is -2.54. The highest BCUT2D eigenvalue weighted by Gasteiger charge is 2.47. The van der Waals surface area contributed by atoms with Gasteiger partial charge in [0.2, 0.25) is 0 Å². The van der Waals surface area contributed by atoms with Gasteiger partial charge in [0, 0.05) is 23.7 Å². The topological polar surface area (TPSA) is 30.5 Å². The average molecular weight is 378 g/mol. The first-order chi connectivity index (χ1) is 12.5. The molecule has 0 amide bonds. The van der Waals surface area contributed by atoms with E-state index < -0.39 is 0 Å². The highest BCUT2D eigenvalue weighted by molar-refractivity contribution is 6.31. The van der Waals surface area contributed by atoms with Gasteiger partial charge in [-0.25, -0.2) is 0 Å². The summed E-state index contributed by atoms with van der Waals surface area (Å²) < 4.78 is 11.7. The van der Waals surface area contributed by atoms with E-state index >= 15 is 0 Å². The number of nitrogens with one attached hydrogen (secondary N) is 1. The lowest BCUT2D eigenvalue weighted by Crippen LogP contribution is -2.54. The minimum absolute atomic E-state index is 0.0993. The number of halogens is 1. The summed E-state index contributed by atoms with van der Waals surface area (Å²) in [6.07, 6.45) is 7.34. The SMILES string of the molecule is CCOc1cc(CNC2C3CC4CC(C3)CC2C4)c(Cl)cc1OC(C)C. The van der Waals surface area contributed by atoms with E-state index in [9.17, 15) is 0 Å². The highest BCUT2D eigenvalue weighted by atomic mass is 35.5. The first-order valence-corrected chi connectivity index (χ1v) is 10.8. The van der Waals surface area contributed by atoms with Crippen LogP contribution in [-0.4, -0.2) is 18.8 Å². The van der Waals surface area contributed by atoms with Gasteiger partial charge >= 0.3 is 0 Å². The lowest BCUT2D eigenvalue weighted by atomic mass is 9.54. The first-order valence-electron chi connectivity index (χ1n) is 10.4. The minimum atomic E-state index is 0.0993. The number of benzene rings is 1. The summed E-state index contributed by atoms with van der Waals surface area (Å²) in [7, 11) is 0. The van der Waals surface area contributed by atoms with Crippen LogP contribution >= 0.6 is 11.6 Å². The standard InChI is InChI=1S/C22H32ClNO2/c1-4-25-20-10-18(19(23)11-21(20)26-13(2)3)12-24-22-16-6-14-5-15(8-16)9-17(22)7-14/h10-11,13-17,22,24H,4-9,12H2,1-3H3. The number of rotatable bonds is 7. The zero-order valence-corrected chi connectivity index (χ0v) is 17.0. The van der Waals surface area contributed by atoms with E-state index in [1.807, 2.05) is 26.8 Å². The van der Waals surface area contributed by atoms with E-state index in [1.54, 1.807) is 0 Å². The molecule has 3 nitrogen and oxygen atoms in total. The average Bonchev–Trinajstić information content (AvgIpc) is 2.56. The molecule has 0 radical (unpaired) electrons. The predicted molar refractivity (Wildman–Crippen MR) is 106 cm³/mol. The van der Waals surface area contributed by atoms with Crippen LogP contribution in [0.15, 0.2) is 12.1 Å². The van der Waals surface area contributed by atoms with Crippen LogP contribution < -0.4 is 14.8 Å². The fourth-order valence-corrected chi connectivity index (χ4v) is 6.03. The summed E-state index contributed by atoms with van der Waals surface area (Å²) in [6, 6.07) is 4.65. The molecule has 0 spiro atoms. The maximum Gasteiger partial charge on any atom is 0.163 e. The summed E-state index contributed by atoms with van der Waals surface area (Å²) in [6.45, 7) is 7.48. The molecule has 1 aromatic rings. The van der Waals surface area contributed by atoms with Crippen LogP contribution in [0.25, 0.3) is 0 Å². The molecular weight excluding hydrogens is 346 g/mol. The normalized spacial score (nSPS) is 32.3. The van der Waals surface area contributed by atoms with Crippen molar-refractivity contribution in [1.82, 2.24) is 5.32 Å². The fraction of sp³-hybridized carbons (Fsp3) is 0.727. The van der Waals surface area contributed by atoms with Gasteiger partial charge in [0.1, 0.15) is 0 Å². The zero-order chi connectivity index (χ0) is 18.3. The second-order valence-electron chi connectivity index (χ2n) is 8.83. The van der Waals surface area contributed by atoms with E-state index in [-0.39, 0.29) is 6.10 Å². The molecule has 0 heterocycles. The van der Waals surface area contributed by atoms with Crippen LogP contribution in [0.3, 0.4) is 0 Å². The van der Waals surface area contributed by atoms with Gasteiger partial charge in [-0.05, 0) is 88.2 Å².